The minimum atomic E-state index is -0.923. The molecule has 0 radical (unpaired) electrons. The fourth-order valence-corrected chi connectivity index (χ4v) is 1.38. The van der Waals surface area contributed by atoms with Gasteiger partial charge >= 0.3 is 5.97 Å². The van der Waals surface area contributed by atoms with E-state index in [1.807, 2.05) is 13.8 Å². The zero-order valence-electron chi connectivity index (χ0n) is 12.0. The summed E-state index contributed by atoms with van der Waals surface area (Å²) in [5, 5.41) is 0. The zero-order chi connectivity index (χ0) is 14.0. The molecule has 18 heavy (non-hydrogen) atoms. The van der Waals surface area contributed by atoms with E-state index in [9.17, 15) is 4.79 Å². The lowest BCUT2D eigenvalue weighted by atomic mass is 9.98. The summed E-state index contributed by atoms with van der Waals surface area (Å²) in [5.41, 5.74) is 4.95. The predicted octanol–water partition coefficient (Wildman–Crippen LogP) is 1.49. The van der Waals surface area contributed by atoms with E-state index >= 15 is 0 Å². The molecule has 5 heteroatoms. The highest BCUT2D eigenvalue weighted by Crippen LogP contribution is 2.11. The van der Waals surface area contributed by atoms with Crippen molar-refractivity contribution in [3.8, 4) is 0 Å². The van der Waals surface area contributed by atoms with E-state index in [0.29, 0.717) is 32.8 Å². The Hall–Kier alpha value is -0.650. The van der Waals surface area contributed by atoms with Gasteiger partial charge in [-0.15, -0.1) is 0 Å². The number of nitrogens with two attached hydrogens (primary N) is 1. The first-order chi connectivity index (χ1) is 8.40. The quantitative estimate of drug-likeness (QED) is 0.476. The normalized spacial score (nSPS) is 14.6. The Morgan fingerprint density at radius 2 is 1.94 bits per heavy atom. The van der Waals surface area contributed by atoms with Gasteiger partial charge in [0.15, 0.2) is 0 Å². The lowest BCUT2D eigenvalue weighted by molar-refractivity contribution is -0.149. The minimum Gasteiger partial charge on any atom is -0.465 e. The first-order valence-electron chi connectivity index (χ1n) is 6.55. The van der Waals surface area contributed by atoms with Crippen molar-refractivity contribution in [2.75, 3.05) is 26.4 Å². The summed E-state index contributed by atoms with van der Waals surface area (Å²) >= 11 is 0. The van der Waals surface area contributed by atoms with Crippen molar-refractivity contribution < 1.29 is 19.0 Å². The largest absolute Gasteiger partial charge is 0.465 e. The molecule has 0 aliphatic rings. The number of hydrogen-bond donors (Lipinski definition) is 1. The Labute approximate surface area is 110 Å². The fourth-order valence-electron chi connectivity index (χ4n) is 1.38. The molecule has 2 N–H and O–H groups in total. The topological polar surface area (TPSA) is 70.8 Å². The van der Waals surface area contributed by atoms with Gasteiger partial charge in [0.2, 0.25) is 0 Å². The van der Waals surface area contributed by atoms with E-state index in [1.165, 1.54) is 0 Å². The molecule has 0 heterocycles. The Morgan fingerprint density at radius 1 is 1.28 bits per heavy atom. The molecule has 1 unspecified atom stereocenters. The molecule has 0 aliphatic heterocycles. The van der Waals surface area contributed by atoms with E-state index in [4.69, 9.17) is 19.9 Å². The second kappa shape index (κ2) is 9.30. The van der Waals surface area contributed by atoms with E-state index in [1.54, 1.807) is 13.8 Å². The fraction of sp³-hybridized carbons (Fsp3) is 0.923. The molecule has 0 aromatic carbocycles. The Kier molecular flexibility index (Phi) is 8.97. The van der Waals surface area contributed by atoms with Gasteiger partial charge in [-0.05, 0) is 40.5 Å². The van der Waals surface area contributed by atoms with Crippen molar-refractivity contribution >= 4 is 5.97 Å². The molecule has 5 nitrogen and oxygen atoms in total. The van der Waals surface area contributed by atoms with Crippen LogP contribution >= 0.6 is 0 Å². The third kappa shape index (κ3) is 8.44. The first-order valence-corrected chi connectivity index (χ1v) is 6.55. The molecular weight excluding hydrogens is 234 g/mol. The van der Waals surface area contributed by atoms with Crippen LogP contribution < -0.4 is 5.73 Å². The number of carbonyl (C=O) groups excluding carboxylic acids is 1. The van der Waals surface area contributed by atoms with Crippen LogP contribution in [0.15, 0.2) is 0 Å². The van der Waals surface area contributed by atoms with Crippen molar-refractivity contribution in [3.05, 3.63) is 0 Å². The molecular formula is C13H27NO4. The van der Waals surface area contributed by atoms with Crippen LogP contribution in [0.3, 0.4) is 0 Å². The molecule has 108 valence electrons. The van der Waals surface area contributed by atoms with Crippen molar-refractivity contribution in [2.24, 2.45) is 5.73 Å². The molecule has 0 amide bonds. The van der Waals surface area contributed by atoms with Crippen LogP contribution in [0.25, 0.3) is 0 Å². The lowest BCUT2D eigenvalue weighted by Crippen LogP contribution is -2.46. The molecule has 0 fully saturated rings. The van der Waals surface area contributed by atoms with Crippen LogP contribution in [0, 0.1) is 0 Å². The van der Waals surface area contributed by atoms with Gasteiger partial charge in [-0.25, -0.2) is 0 Å². The number of carbonyl (C=O) groups is 1. The van der Waals surface area contributed by atoms with Gasteiger partial charge in [0.25, 0.3) is 0 Å². The summed E-state index contributed by atoms with van der Waals surface area (Å²) in [5.74, 6) is -0.354. The Bertz CT molecular complexity index is 229. The monoisotopic (exact) mass is 261 g/mol. The summed E-state index contributed by atoms with van der Waals surface area (Å²) in [4.78, 5) is 11.5. The second-order valence-electron chi connectivity index (χ2n) is 4.77. The average molecular weight is 261 g/mol. The molecule has 0 aromatic rings. The standard InChI is InChI=1S/C13H27NO4/c1-5-17-12(15)13(4,14)7-6-8-16-9-10-18-11(2)3/h11H,5-10,14H2,1-4H3. The van der Waals surface area contributed by atoms with Crippen LogP contribution in [0.2, 0.25) is 0 Å². The van der Waals surface area contributed by atoms with Crippen LogP contribution in [-0.4, -0.2) is 44.0 Å². The van der Waals surface area contributed by atoms with Gasteiger partial charge in [-0.2, -0.15) is 0 Å². The highest BCUT2D eigenvalue weighted by atomic mass is 16.5. The van der Waals surface area contributed by atoms with E-state index in [2.05, 4.69) is 0 Å². The number of esters is 1. The van der Waals surface area contributed by atoms with Crippen LogP contribution in [0.5, 0.6) is 0 Å². The maximum Gasteiger partial charge on any atom is 0.325 e. The summed E-state index contributed by atoms with van der Waals surface area (Å²) in [6.07, 6.45) is 1.51. The van der Waals surface area contributed by atoms with Crippen molar-refractivity contribution in [1.29, 1.82) is 0 Å². The van der Waals surface area contributed by atoms with Crippen LogP contribution in [0.1, 0.15) is 40.5 Å². The SMILES string of the molecule is CCOC(=O)C(C)(N)CCCOCCOC(C)C. The molecule has 0 aromatic heterocycles. The van der Waals surface area contributed by atoms with Gasteiger partial charge in [-0.3, -0.25) is 4.79 Å². The van der Waals surface area contributed by atoms with Gasteiger partial charge < -0.3 is 19.9 Å². The third-order valence-electron chi connectivity index (χ3n) is 2.41. The maximum atomic E-state index is 11.5. The van der Waals surface area contributed by atoms with E-state index in [-0.39, 0.29) is 12.1 Å². The smallest absolute Gasteiger partial charge is 0.325 e. The lowest BCUT2D eigenvalue weighted by Gasteiger charge is -2.21. The van der Waals surface area contributed by atoms with Gasteiger partial charge in [0.05, 0.1) is 25.9 Å². The van der Waals surface area contributed by atoms with Gasteiger partial charge in [0, 0.05) is 6.61 Å². The zero-order valence-corrected chi connectivity index (χ0v) is 12.0. The van der Waals surface area contributed by atoms with Crippen molar-refractivity contribution in [2.45, 2.75) is 52.2 Å². The molecule has 0 saturated carbocycles. The highest BCUT2D eigenvalue weighted by Gasteiger charge is 2.29. The van der Waals surface area contributed by atoms with Crippen molar-refractivity contribution in [3.63, 3.8) is 0 Å². The third-order valence-corrected chi connectivity index (χ3v) is 2.41. The van der Waals surface area contributed by atoms with E-state index in [0.717, 1.165) is 6.42 Å². The van der Waals surface area contributed by atoms with Crippen LogP contribution in [-0.2, 0) is 19.0 Å². The molecule has 0 spiro atoms. The molecule has 0 saturated heterocycles. The summed E-state index contributed by atoms with van der Waals surface area (Å²) in [6.45, 7) is 9.52. The summed E-state index contributed by atoms with van der Waals surface area (Å²) < 4.78 is 15.6. The average Bonchev–Trinajstić information content (AvgIpc) is 2.27. The van der Waals surface area contributed by atoms with Crippen LogP contribution in [0.4, 0.5) is 0 Å². The van der Waals surface area contributed by atoms with Gasteiger partial charge in [0.1, 0.15) is 5.54 Å². The minimum absolute atomic E-state index is 0.227. The number of ether oxygens (including phenoxy) is 3. The van der Waals surface area contributed by atoms with E-state index < -0.39 is 5.54 Å². The second-order valence-corrected chi connectivity index (χ2v) is 4.77. The predicted molar refractivity (Wildman–Crippen MR) is 70.4 cm³/mol. The molecule has 0 rings (SSSR count). The highest BCUT2D eigenvalue weighted by molar-refractivity contribution is 5.79. The molecule has 1 atom stereocenters. The van der Waals surface area contributed by atoms with Gasteiger partial charge in [-0.1, -0.05) is 0 Å². The number of rotatable bonds is 10. The Morgan fingerprint density at radius 3 is 2.50 bits per heavy atom. The number of hydrogen-bond acceptors (Lipinski definition) is 5. The first kappa shape index (κ1) is 17.4. The summed E-state index contributed by atoms with van der Waals surface area (Å²) in [6, 6.07) is 0. The van der Waals surface area contributed by atoms with Crippen molar-refractivity contribution in [1.82, 2.24) is 0 Å². The summed E-state index contributed by atoms with van der Waals surface area (Å²) in [7, 11) is 0. The molecule has 0 bridgehead atoms. The maximum absolute atomic E-state index is 11.5. The Balaban J connectivity index is 3.55. The molecule has 0 aliphatic carbocycles.